The first-order valence-electron chi connectivity index (χ1n) is 9.39. The lowest BCUT2D eigenvalue weighted by molar-refractivity contribution is -0.133. The summed E-state index contributed by atoms with van der Waals surface area (Å²) in [6.45, 7) is 5.25. The minimum absolute atomic E-state index is 0.00943. The number of carbonyl (C=O) groups is 2. The molecule has 1 aromatic carbocycles. The van der Waals surface area contributed by atoms with Gasteiger partial charge in [0.2, 0.25) is 11.8 Å². The Hall–Kier alpha value is -1.79. The van der Waals surface area contributed by atoms with Crippen molar-refractivity contribution >= 4 is 34.6 Å². The highest BCUT2D eigenvalue weighted by Gasteiger charge is 2.22. The van der Waals surface area contributed by atoms with E-state index in [1.165, 1.54) is 0 Å². The molecule has 0 atom stereocenters. The fraction of sp³-hybridized carbons (Fsp3) is 0.550. The van der Waals surface area contributed by atoms with E-state index in [2.05, 4.69) is 10.2 Å². The van der Waals surface area contributed by atoms with E-state index in [0.717, 1.165) is 49.3 Å². The molecule has 1 fully saturated rings. The Kier molecular flexibility index (Phi) is 8.71. The molecular formula is C20H29N3O2S. The van der Waals surface area contributed by atoms with E-state index in [1.807, 2.05) is 42.2 Å². The molecule has 5 nitrogen and oxygen atoms in total. The molecule has 0 aliphatic carbocycles. The second kappa shape index (κ2) is 11.0. The van der Waals surface area contributed by atoms with E-state index in [0.29, 0.717) is 26.1 Å². The van der Waals surface area contributed by atoms with Gasteiger partial charge >= 0.3 is 0 Å². The van der Waals surface area contributed by atoms with Crippen LogP contribution in [-0.4, -0.2) is 59.2 Å². The molecule has 2 rings (SSSR count). The molecule has 1 aromatic rings. The van der Waals surface area contributed by atoms with Crippen LogP contribution < -0.4 is 5.32 Å². The molecule has 26 heavy (non-hydrogen) atoms. The van der Waals surface area contributed by atoms with Crippen LogP contribution in [0.5, 0.6) is 0 Å². The highest BCUT2D eigenvalue weighted by atomic mass is 32.1. The van der Waals surface area contributed by atoms with Crippen LogP contribution in [0.1, 0.15) is 39.0 Å². The number of anilines is 1. The van der Waals surface area contributed by atoms with Crippen LogP contribution in [-0.2, 0) is 9.59 Å². The zero-order chi connectivity index (χ0) is 18.8. The third kappa shape index (κ3) is 7.62. The number of carbonyl (C=O) groups excluding carboxylic acids is 2. The summed E-state index contributed by atoms with van der Waals surface area (Å²) in [5.41, 5.74) is 0.815. The topological polar surface area (TPSA) is 52.7 Å². The third-order valence-corrected chi connectivity index (χ3v) is 4.77. The zero-order valence-electron chi connectivity index (χ0n) is 15.6. The van der Waals surface area contributed by atoms with Crippen LogP contribution in [0.4, 0.5) is 5.69 Å². The van der Waals surface area contributed by atoms with Crippen molar-refractivity contribution in [3.05, 3.63) is 30.3 Å². The normalized spacial score (nSPS) is 14.9. The van der Waals surface area contributed by atoms with Gasteiger partial charge in [-0.2, -0.15) is 0 Å². The number of rotatable bonds is 9. The van der Waals surface area contributed by atoms with Gasteiger partial charge in [0.25, 0.3) is 0 Å². The van der Waals surface area contributed by atoms with Crippen molar-refractivity contribution in [2.75, 3.05) is 38.0 Å². The highest BCUT2D eigenvalue weighted by molar-refractivity contribution is 7.80. The molecule has 1 aliphatic heterocycles. The summed E-state index contributed by atoms with van der Waals surface area (Å²) in [7, 11) is 0. The summed E-state index contributed by atoms with van der Waals surface area (Å²) in [6.07, 6.45) is 4.66. The van der Waals surface area contributed by atoms with E-state index in [-0.39, 0.29) is 11.8 Å². The van der Waals surface area contributed by atoms with Gasteiger partial charge < -0.3 is 10.2 Å². The Bertz CT molecular complexity index is 598. The fourth-order valence-corrected chi connectivity index (χ4v) is 3.21. The molecule has 1 saturated heterocycles. The summed E-state index contributed by atoms with van der Waals surface area (Å²) >= 11 is 5.07. The number of amides is 2. The average Bonchev–Trinajstić information content (AvgIpc) is 2.62. The maximum Gasteiger partial charge on any atom is 0.238 e. The van der Waals surface area contributed by atoms with E-state index in [4.69, 9.17) is 12.2 Å². The van der Waals surface area contributed by atoms with E-state index >= 15 is 0 Å². The Morgan fingerprint density at radius 1 is 1.00 bits per heavy atom. The van der Waals surface area contributed by atoms with Gasteiger partial charge in [-0.05, 0) is 43.2 Å². The number of para-hydroxylation sites is 1. The van der Waals surface area contributed by atoms with Gasteiger partial charge in [0.15, 0.2) is 0 Å². The molecule has 1 heterocycles. The molecule has 142 valence electrons. The number of benzene rings is 1. The largest absolute Gasteiger partial charge is 0.340 e. The number of nitrogens with one attached hydrogen (secondary N) is 1. The Morgan fingerprint density at radius 2 is 1.65 bits per heavy atom. The number of unbranched alkanes of at least 4 members (excludes halogenated alkanes) is 2. The first kappa shape index (κ1) is 20.5. The van der Waals surface area contributed by atoms with E-state index in [1.54, 1.807) is 0 Å². The summed E-state index contributed by atoms with van der Waals surface area (Å²) in [5, 5.41) is 2.90. The van der Waals surface area contributed by atoms with Crippen molar-refractivity contribution in [2.45, 2.75) is 39.0 Å². The lowest BCUT2D eigenvalue weighted by Gasteiger charge is -2.34. The molecule has 0 saturated carbocycles. The van der Waals surface area contributed by atoms with E-state index in [9.17, 15) is 9.59 Å². The minimum Gasteiger partial charge on any atom is -0.340 e. The summed E-state index contributed by atoms with van der Waals surface area (Å²) in [6, 6.07) is 9.47. The van der Waals surface area contributed by atoms with Crippen LogP contribution in [0.2, 0.25) is 0 Å². The third-order valence-electron chi connectivity index (χ3n) is 4.57. The molecular weight excluding hydrogens is 346 g/mol. The van der Waals surface area contributed by atoms with Gasteiger partial charge in [0.05, 0.1) is 6.54 Å². The van der Waals surface area contributed by atoms with Crippen molar-refractivity contribution in [1.29, 1.82) is 0 Å². The van der Waals surface area contributed by atoms with Crippen LogP contribution in [0.15, 0.2) is 30.3 Å². The van der Waals surface area contributed by atoms with Crippen LogP contribution in [0.25, 0.3) is 0 Å². The fourth-order valence-electron chi connectivity index (χ4n) is 3.07. The maximum absolute atomic E-state index is 12.3. The quantitative estimate of drug-likeness (QED) is 0.532. The SMILES string of the molecule is CC(=S)CCCCCC(=O)N1CCN(CC(=O)Nc2ccccc2)CC1. The lowest BCUT2D eigenvalue weighted by Crippen LogP contribution is -2.50. The van der Waals surface area contributed by atoms with Gasteiger partial charge in [0, 0.05) is 38.3 Å². The number of piperazine rings is 1. The predicted molar refractivity (Wildman–Crippen MR) is 109 cm³/mol. The van der Waals surface area contributed by atoms with Gasteiger partial charge in [-0.15, -0.1) is 0 Å². The molecule has 1 aliphatic rings. The molecule has 0 unspecified atom stereocenters. The van der Waals surface area contributed by atoms with Crippen molar-refractivity contribution in [1.82, 2.24) is 9.80 Å². The second-order valence-corrected chi connectivity index (χ2v) is 7.53. The average molecular weight is 376 g/mol. The smallest absolute Gasteiger partial charge is 0.238 e. The van der Waals surface area contributed by atoms with Crippen molar-refractivity contribution < 1.29 is 9.59 Å². The number of thiocarbonyl (C=S) groups is 1. The molecule has 0 bridgehead atoms. The van der Waals surface area contributed by atoms with Crippen LogP contribution >= 0.6 is 12.2 Å². The molecule has 1 N–H and O–H groups in total. The second-order valence-electron chi connectivity index (χ2n) is 6.83. The molecule has 0 radical (unpaired) electrons. The van der Waals surface area contributed by atoms with Crippen molar-refractivity contribution in [3.8, 4) is 0 Å². The van der Waals surface area contributed by atoms with Gasteiger partial charge in [-0.3, -0.25) is 14.5 Å². The van der Waals surface area contributed by atoms with Crippen molar-refractivity contribution in [2.24, 2.45) is 0 Å². The highest BCUT2D eigenvalue weighted by Crippen LogP contribution is 2.10. The van der Waals surface area contributed by atoms with Crippen molar-refractivity contribution in [3.63, 3.8) is 0 Å². The van der Waals surface area contributed by atoms with Gasteiger partial charge in [-0.1, -0.05) is 36.8 Å². The van der Waals surface area contributed by atoms with Crippen LogP contribution in [0, 0.1) is 0 Å². The minimum atomic E-state index is -0.00943. The molecule has 6 heteroatoms. The molecule has 0 spiro atoms. The Balaban J connectivity index is 1.61. The number of hydrogen-bond acceptors (Lipinski definition) is 4. The van der Waals surface area contributed by atoms with Gasteiger partial charge in [-0.25, -0.2) is 0 Å². The summed E-state index contributed by atoms with van der Waals surface area (Å²) < 4.78 is 0. The zero-order valence-corrected chi connectivity index (χ0v) is 16.4. The molecule has 0 aromatic heterocycles. The van der Waals surface area contributed by atoms with E-state index < -0.39 is 0 Å². The number of hydrogen-bond donors (Lipinski definition) is 1. The molecule has 2 amide bonds. The Morgan fingerprint density at radius 3 is 2.31 bits per heavy atom. The van der Waals surface area contributed by atoms with Crippen LogP contribution in [0.3, 0.4) is 0 Å². The summed E-state index contributed by atoms with van der Waals surface area (Å²) in [4.78, 5) is 29.4. The first-order valence-corrected chi connectivity index (χ1v) is 9.80. The lowest BCUT2D eigenvalue weighted by atomic mass is 10.1. The summed E-state index contributed by atoms with van der Waals surface area (Å²) in [5.74, 6) is 0.224. The maximum atomic E-state index is 12.3. The van der Waals surface area contributed by atoms with Gasteiger partial charge in [0.1, 0.15) is 0 Å². The standard InChI is InChI=1S/C20H29N3O2S/c1-17(26)8-4-2-7-11-20(25)23-14-12-22(13-15-23)16-19(24)21-18-9-5-3-6-10-18/h3,5-6,9-10H,2,4,7-8,11-16H2,1H3,(H,21,24). The monoisotopic (exact) mass is 375 g/mol. The first-order chi connectivity index (χ1) is 12.5. The predicted octanol–water partition coefficient (Wildman–Crippen LogP) is 3.11. The number of nitrogens with zero attached hydrogens (tertiary/aromatic N) is 2. The Labute approximate surface area is 161 Å².